The smallest absolute Gasteiger partial charge is 0.323 e. The summed E-state index contributed by atoms with van der Waals surface area (Å²) < 4.78 is 1.56. The monoisotopic (exact) mass is 338 g/mol. The molecule has 0 radical (unpaired) electrons. The highest BCUT2D eigenvalue weighted by Gasteiger charge is 2.26. The Bertz CT molecular complexity index is 564. The molecule has 0 spiro atoms. The Hall–Kier alpha value is -1.93. The summed E-state index contributed by atoms with van der Waals surface area (Å²) in [5.74, 6) is -0.239. The number of rotatable bonds is 7. The first kappa shape index (κ1) is 18.4. The molecule has 2 N–H and O–H groups in total. The number of aliphatic hydroxyl groups is 1. The van der Waals surface area contributed by atoms with Crippen molar-refractivity contribution in [3.63, 3.8) is 0 Å². The quantitative estimate of drug-likeness (QED) is 0.687. The highest BCUT2D eigenvalue weighted by molar-refractivity contribution is 5.76. The van der Waals surface area contributed by atoms with Crippen LogP contribution in [0.15, 0.2) is 12.4 Å². The molecule has 1 aromatic rings. The summed E-state index contributed by atoms with van der Waals surface area (Å²) in [6.45, 7) is 2.98. The maximum Gasteiger partial charge on any atom is 0.323 e. The summed E-state index contributed by atoms with van der Waals surface area (Å²) in [5.41, 5.74) is 0. The number of aromatic nitrogens is 2. The van der Waals surface area contributed by atoms with Crippen LogP contribution in [0.1, 0.15) is 32.0 Å². The molecular weight excluding hydrogens is 312 g/mol. The van der Waals surface area contributed by atoms with Crippen molar-refractivity contribution in [3.05, 3.63) is 18.2 Å². The number of hydrogen-bond acceptors (Lipinski definition) is 5. The zero-order valence-electron chi connectivity index (χ0n) is 14.3. The molecule has 1 atom stereocenters. The van der Waals surface area contributed by atoms with Gasteiger partial charge < -0.3 is 19.7 Å². The maximum absolute atomic E-state index is 12.3. The number of amides is 1. The van der Waals surface area contributed by atoms with Gasteiger partial charge in [0.25, 0.3) is 0 Å². The Morgan fingerprint density at radius 3 is 2.67 bits per heavy atom. The van der Waals surface area contributed by atoms with Crippen LogP contribution in [-0.4, -0.2) is 73.8 Å². The highest BCUT2D eigenvalue weighted by atomic mass is 16.4. The van der Waals surface area contributed by atoms with E-state index in [0.717, 1.165) is 12.8 Å². The van der Waals surface area contributed by atoms with E-state index in [1.165, 1.54) is 0 Å². The second-order valence-electron chi connectivity index (χ2n) is 6.27. The number of imidazole rings is 1. The largest absolute Gasteiger partial charge is 0.480 e. The number of carboxylic acids is 1. The number of carboxylic acid groups (broad SMARTS) is 1. The molecule has 0 aliphatic carbocycles. The topological polar surface area (TPSA) is 98.9 Å². The van der Waals surface area contributed by atoms with Gasteiger partial charge in [-0.05, 0) is 26.8 Å². The van der Waals surface area contributed by atoms with Crippen molar-refractivity contribution in [2.75, 3.05) is 20.1 Å². The number of aliphatic hydroxyl groups excluding tert-OH is 1. The number of carbonyl (C=O) groups is 2. The molecule has 0 bridgehead atoms. The lowest BCUT2D eigenvalue weighted by Crippen LogP contribution is -2.48. The van der Waals surface area contributed by atoms with Gasteiger partial charge in [-0.3, -0.25) is 14.5 Å². The lowest BCUT2D eigenvalue weighted by molar-refractivity contribution is -0.137. The zero-order chi connectivity index (χ0) is 17.7. The van der Waals surface area contributed by atoms with Gasteiger partial charge >= 0.3 is 5.97 Å². The fourth-order valence-electron chi connectivity index (χ4n) is 3.06. The average molecular weight is 338 g/mol. The van der Waals surface area contributed by atoms with Crippen LogP contribution in [0.2, 0.25) is 0 Å². The van der Waals surface area contributed by atoms with E-state index < -0.39 is 12.2 Å². The predicted molar refractivity (Wildman–Crippen MR) is 87.2 cm³/mol. The summed E-state index contributed by atoms with van der Waals surface area (Å²) in [4.78, 5) is 31.1. The molecule has 1 fully saturated rings. The fourth-order valence-corrected chi connectivity index (χ4v) is 3.06. The molecule has 2 heterocycles. The van der Waals surface area contributed by atoms with Crippen molar-refractivity contribution in [2.45, 2.75) is 51.4 Å². The van der Waals surface area contributed by atoms with E-state index >= 15 is 0 Å². The van der Waals surface area contributed by atoms with E-state index in [2.05, 4.69) is 4.98 Å². The molecule has 0 saturated carbocycles. The molecule has 8 nitrogen and oxygen atoms in total. The molecule has 1 saturated heterocycles. The molecule has 1 aliphatic rings. The van der Waals surface area contributed by atoms with Crippen LogP contribution < -0.4 is 0 Å². The Labute approximate surface area is 141 Å². The van der Waals surface area contributed by atoms with E-state index in [1.54, 1.807) is 23.9 Å². The van der Waals surface area contributed by atoms with Crippen LogP contribution in [0.3, 0.4) is 0 Å². The molecular formula is C16H26N4O4. The van der Waals surface area contributed by atoms with E-state index in [1.807, 2.05) is 16.8 Å². The van der Waals surface area contributed by atoms with E-state index in [0.29, 0.717) is 37.8 Å². The number of aryl methyl sites for hydroxylation is 1. The van der Waals surface area contributed by atoms with Crippen molar-refractivity contribution in [1.29, 1.82) is 0 Å². The van der Waals surface area contributed by atoms with Crippen LogP contribution in [-0.2, 0) is 22.6 Å². The van der Waals surface area contributed by atoms with Gasteiger partial charge in [0.15, 0.2) is 0 Å². The molecule has 8 heteroatoms. The summed E-state index contributed by atoms with van der Waals surface area (Å²) in [6, 6.07) is 0.295. The number of piperidine rings is 1. The standard InChI is InChI=1S/C16H26N4O4/c1-12(21)18(2)13-5-8-19(9-6-13)15(22)4-3-14-17-7-10-20(14)11-16(23)24/h7,10,12-13,21H,3-6,8-9,11H2,1-2H3,(H,23,24). The van der Waals surface area contributed by atoms with Crippen LogP contribution in [0.4, 0.5) is 0 Å². The normalized spacial score (nSPS) is 17.2. The van der Waals surface area contributed by atoms with Gasteiger partial charge in [-0.1, -0.05) is 0 Å². The van der Waals surface area contributed by atoms with Crippen molar-refractivity contribution in [2.24, 2.45) is 0 Å². The second-order valence-corrected chi connectivity index (χ2v) is 6.27. The molecule has 2 rings (SSSR count). The Morgan fingerprint density at radius 2 is 2.08 bits per heavy atom. The SMILES string of the molecule is CC(O)N(C)C1CCN(C(=O)CCc2nccn2CC(=O)O)CC1. The Balaban J connectivity index is 1.80. The molecule has 1 unspecified atom stereocenters. The molecule has 0 aromatic carbocycles. The third kappa shape index (κ3) is 4.78. The van der Waals surface area contributed by atoms with Crippen LogP contribution >= 0.6 is 0 Å². The molecule has 1 aromatic heterocycles. The number of aliphatic carboxylic acids is 1. The van der Waals surface area contributed by atoms with E-state index in [-0.39, 0.29) is 12.5 Å². The number of hydrogen-bond donors (Lipinski definition) is 2. The minimum absolute atomic E-state index is 0.0676. The first-order valence-corrected chi connectivity index (χ1v) is 8.28. The van der Waals surface area contributed by atoms with Crippen LogP contribution in [0.25, 0.3) is 0 Å². The number of nitrogens with zero attached hydrogens (tertiary/aromatic N) is 4. The molecule has 1 amide bonds. The lowest BCUT2D eigenvalue weighted by atomic mass is 10.0. The van der Waals surface area contributed by atoms with Crippen molar-refractivity contribution in [3.8, 4) is 0 Å². The van der Waals surface area contributed by atoms with Gasteiger partial charge in [-0.25, -0.2) is 4.98 Å². The van der Waals surface area contributed by atoms with Crippen LogP contribution in [0.5, 0.6) is 0 Å². The van der Waals surface area contributed by atoms with Gasteiger partial charge in [0.05, 0.1) is 0 Å². The van der Waals surface area contributed by atoms with Gasteiger partial charge in [0.1, 0.15) is 18.6 Å². The fraction of sp³-hybridized carbons (Fsp3) is 0.688. The Morgan fingerprint density at radius 1 is 1.42 bits per heavy atom. The van der Waals surface area contributed by atoms with Crippen LogP contribution in [0, 0.1) is 0 Å². The lowest BCUT2D eigenvalue weighted by Gasteiger charge is -2.38. The van der Waals surface area contributed by atoms with E-state index in [9.17, 15) is 14.7 Å². The van der Waals surface area contributed by atoms with Crippen molar-refractivity contribution >= 4 is 11.9 Å². The number of carbonyl (C=O) groups excluding carboxylic acids is 1. The minimum Gasteiger partial charge on any atom is -0.480 e. The zero-order valence-corrected chi connectivity index (χ0v) is 14.3. The highest BCUT2D eigenvalue weighted by Crippen LogP contribution is 2.17. The van der Waals surface area contributed by atoms with Gasteiger partial charge in [-0.15, -0.1) is 0 Å². The Kier molecular flexibility index (Phi) is 6.33. The molecule has 24 heavy (non-hydrogen) atoms. The summed E-state index contributed by atoms with van der Waals surface area (Å²) >= 11 is 0. The average Bonchev–Trinajstić information content (AvgIpc) is 2.98. The minimum atomic E-state index is -0.926. The maximum atomic E-state index is 12.3. The van der Waals surface area contributed by atoms with E-state index in [4.69, 9.17) is 5.11 Å². The van der Waals surface area contributed by atoms with Crippen molar-refractivity contribution < 1.29 is 19.8 Å². The predicted octanol–water partition coefficient (Wildman–Crippen LogP) is 0.161. The third-order valence-corrected chi connectivity index (χ3v) is 4.65. The van der Waals surface area contributed by atoms with Gasteiger partial charge in [0, 0.05) is 44.4 Å². The summed E-state index contributed by atoms with van der Waals surface area (Å²) in [7, 11) is 1.90. The van der Waals surface area contributed by atoms with Gasteiger partial charge in [-0.2, -0.15) is 0 Å². The van der Waals surface area contributed by atoms with Crippen molar-refractivity contribution in [1.82, 2.24) is 19.4 Å². The summed E-state index contributed by atoms with van der Waals surface area (Å²) in [6.07, 6.45) is 5.15. The molecule has 134 valence electrons. The second kappa shape index (κ2) is 8.25. The first-order valence-electron chi connectivity index (χ1n) is 8.28. The molecule has 1 aliphatic heterocycles. The third-order valence-electron chi connectivity index (χ3n) is 4.65. The summed E-state index contributed by atoms with van der Waals surface area (Å²) in [5, 5.41) is 18.5. The van der Waals surface area contributed by atoms with Gasteiger partial charge in [0.2, 0.25) is 5.91 Å². The number of likely N-dealkylation sites (tertiary alicyclic amines) is 1. The first-order chi connectivity index (χ1) is 11.4.